The molecule has 0 amide bonds. The Bertz CT molecular complexity index is 679. The predicted molar refractivity (Wildman–Crippen MR) is 85.7 cm³/mol. The number of fused-ring (bicyclic) bond motifs is 1. The van der Waals surface area contributed by atoms with Gasteiger partial charge in [-0.3, -0.25) is 9.89 Å². The highest BCUT2D eigenvalue weighted by Gasteiger charge is 2.41. The standard InChI is InChI=1S/C16H17N3O2.ClH/c20-14-10-16(4-7-17-8-5-16)21-15-2-1-11(9-12(14)15)13-3-6-18-19-13;/h1-3,6,9,17H,4-5,7-8,10H2,(H,18,19);1H. The predicted octanol–water partition coefficient (Wildman–Crippen LogP) is 2.59. The van der Waals surface area contributed by atoms with Crippen molar-refractivity contribution >= 4 is 18.2 Å². The van der Waals surface area contributed by atoms with Gasteiger partial charge < -0.3 is 10.1 Å². The van der Waals surface area contributed by atoms with Gasteiger partial charge in [0.05, 0.1) is 17.7 Å². The minimum Gasteiger partial charge on any atom is -0.486 e. The molecule has 1 saturated heterocycles. The number of hydrogen-bond donors (Lipinski definition) is 2. The Balaban J connectivity index is 0.00000144. The second-order valence-electron chi connectivity index (χ2n) is 5.82. The van der Waals surface area contributed by atoms with Gasteiger partial charge in [0.15, 0.2) is 5.78 Å². The summed E-state index contributed by atoms with van der Waals surface area (Å²) in [5.74, 6) is 0.899. The average molecular weight is 320 g/mol. The summed E-state index contributed by atoms with van der Waals surface area (Å²) < 4.78 is 6.22. The summed E-state index contributed by atoms with van der Waals surface area (Å²) in [4.78, 5) is 12.6. The number of benzene rings is 1. The first kappa shape index (κ1) is 15.1. The Hall–Kier alpha value is -1.85. The van der Waals surface area contributed by atoms with Crippen molar-refractivity contribution in [2.45, 2.75) is 24.9 Å². The van der Waals surface area contributed by atoms with Crippen molar-refractivity contribution in [2.24, 2.45) is 0 Å². The number of hydrogen-bond acceptors (Lipinski definition) is 4. The van der Waals surface area contributed by atoms with Crippen LogP contribution in [0.1, 0.15) is 29.6 Å². The van der Waals surface area contributed by atoms with Crippen LogP contribution in [-0.4, -0.2) is 34.7 Å². The third kappa shape index (κ3) is 2.51. The van der Waals surface area contributed by atoms with E-state index in [1.807, 2.05) is 24.3 Å². The van der Waals surface area contributed by atoms with E-state index in [0.717, 1.165) is 42.9 Å². The summed E-state index contributed by atoms with van der Waals surface area (Å²) in [6.45, 7) is 1.82. The molecule has 22 heavy (non-hydrogen) atoms. The lowest BCUT2D eigenvalue weighted by molar-refractivity contribution is 0.0188. The van der Waals surface area contributed by atoms with Crippen LogP contribution in [0.5, 0.6) is 5.75 Å². The topological polar surface area (TPSA) is 67.0 Å². The van der Waals surface area contributed by atoms with Crippen molar-refractivity contribution in [3.63, 3.8) is 0 Å². The maximum Gasteiger partial charge on any atom is 0.170 e. The van der Waals surface area contributed by atoms with Crippen LogP contribution in [0.25, 0.3) is 11.3 Å². The Morgan fingerprint density at radius 2 is 2.00 bits per heavy atom. The monoisotopic (exact) mass is 319 g/mol. The molecule has 3 heterocycles. The largest absolute Gasteiger partial charge is 0.486 e. The number of carbonyl (C=O) groups is 1. The van der Waals surface area contributed by atoms with Crippen LogP contribution in [0.3, 0.4) is 0 Å². The zero-order valence-electron chi connectivity index (χ0n) is 12.1. The van der Waals surface area contributed by atoms with Gasteiger partial charge in [0.2, 0.25) is 0 Å². The number of halogens is 1. The fourth-order valence-electron chi connectivity index (χ4n) is 3.24. The average Bonchev–Trinajstić information content (AvgIpc) is 3.02. The van der Waals surface area contributed by atoms with E-state index in [1.54, 1.807) is 6.20 Å². The van der Waals surface area contributed by atoms with Crippen LogP contribution in [0.2, 0.25) is 0 Å². The van der Waals surface area contributed by atoms with Crippen molar-refractivity contribution in [1.29, 1.82) is 0 Å². The molecule has 0 saturated carbocycles. The number of carbonyl (C=O) groups excluding carboxylic acids is 1. The van der Waals surface area contributed by atoms with E-state index in [1.165, 1.54) is 0 Å². The van der Waals surface area contributed by atoms with Gasteiger partial charge in [-0.1, -0.05) is 0 Å². The summed E-state index contributed by atoms with van der Waals surface area (Å²) in [7, 11) is 0. The third-order valence-electron chi connectivity index (χ3n) is 4.42. The van der Waals surface area contributed by atoms with Gasteiger partial charge in [-0.25, -0.2) is 0 Å². The van der Waals surface area contributed by atoms with Crippen LogP contribution in [0.15, 0.2) is 30.5 Å². The zero-order valence-corrected chi connectivity index (χ0v) is 12.9. The first-order valence-corrected chi connectivity index (χ1v) is 7.33. The van der Waals surface area contributed by atoms with Crippen LogP contribution >= 0.6 is 12.4 Å². The molecule has 1 spiro atoms. The number of ether oxygens (including phenoxy) is 1. The molecule has 5 nitrogen and oxygen atoms in total. The SMILES string of the molecule is Cl.O=C1CC2(CCNCC2)Oc2ccc(-c3ccn[nH]3)cc21. The molecular formula is C16H18ClN3O2. The van der Waals surface area contributed by atoms with Gasteiger partial charge in [-0.05, 0) is 37.4 Å². The molecule has 0 atom stereocenters. The molecule has 6 heteroatoms. The van der Waals surface area contributed by atoms with Crippen molar-refractivity contribution in [1.82, 2.24) is 15.5 Å². The molecular weight excluding hydrogens is 302 g/mol. The molecule has 2 aliphatic heterocycles. The Morgan fingerprint density at radius 1 is 1.18 bits per heavy atom. The van der Waals surface area contributed by atoms with Crippen LogP contribution in [-0.2, 0) is 0 Å². The number of aromatic amines is 1. The van der Waals surface area contributed by atoms with Gasteiger partial charge in [-0.15, -0.1) is 12.4 Å². The van der Waals surface area contributed by atoms with E-state index in [0.29, 0.717) is 12.0 Å². The number of aromatic nitrogens is 2. The van der Waals surface area contributed by atoms with E-state index in [2.05, 4.69) is 15.5 Å². The second-order valence-corrected chi connectivity index (χ2v) is 5.82. The maximum absolute atomic E-state index is 12.6. The quantitative estimate of drug-likeness (QED) is 0.848. The number of ketones is 1. The van der Waals surface area contributed by atoms with Crippen molar-refractivity contribution in [2.75, 3.05) is 13.1 Å². The maximum atomic E-state index is 12.6. The highest BCUT2D eigenvalue weighted by molar-refractivity contribution is 6.01. The number of piperidine rings is 1. The molecule has 1 aromatic heterocycles. The van der Waals surface area contributed by atoms with Crippen molar-refractivity contribution in [3.05, 3.63) is 36.0 Å². The summed E-state index contributed by atoms with van der Waals surface area (Å²) in [6.07, 6.45) is 3.96. The first-order valence-electron chi connectivity index (χ1n) is 7.33. The first-order chi connectivity index (χ1) is 10.3. The molecule has 2 aromatic rings. The van der Waals surface area contributed by atoms with Gasteiger partial charge in [0.1, 0.15) is 11.4 Å². The molecule has 1 aromatic carbocycles. The number of H-pyrrole nitrogens is 1. The highest BCUT2D eigenvalue weighted by Crippen LogP contribution is 2.39. The Kier molecular flexibility index (Phi) is 3.93. The molecule has 4 rings (SSSR count). The van der Waals surface area contributed by atoms with Crippen molar-refractivity contribution < 1.29 is 9.53 Å². The van der Waals surface area contributed by atoms with Gasteiger partial charge in [-0.2, -0.15) is 5.10 Å². The molecule has 0 unspecified atom stereocenters. The Morgan fingerprint density at radius 3 is 2.73 bits per heavy atom. The molecule has 2 aliphatic rings. The van der Waals surface area contributed by atoms with E-state index in [4.69, 9.17) is 4.74 Å². The van der Waals surface area contributed by atoms with E-state index < -0.39 is 0 Å². The smallest absolute Gasteiger partial charge is 0.170 e. The molecule has 0 bridgehead atoms. The number of Topliss-reactive ketones (excluding diaryl/α,β-unsaturated/α-hetero) is 1. The highest BCUT2D eigenvalue weighted by atomic mass is 35.5. The van der Waals surface area contributed by atoms with E-state index >= 15 is 0 Å². The number of nitrogens with zero attached hydrogens (tertiary/aromatic N) is 1. The van der Waals surface area contributed by atoms with E-state index in [9.17, 15) is 4.79 Å². The minimum atomic E-state index is -0.301. The van der Waals surface area contributed by atoms with Gasteiger partial charge in [0, 0.05) is 24.6 Å². The van der Waals surface area contributed by atoms with Crippen molar-refractivity contribution in [3.8, 4) is 17.0 Å². The Labute approximate surface area is 134 Å². The van der Waals surface area contributed by atoms with Crippen LogP contribution in [0, 0.1) is 0 Å². The lowest BCUT2D eigenvalue weighted by atomic mass is 9.82. The molecule has 116 valence electrons. The molecule has 0 aliphatic carbocycles. The lowest BCUT2D eigenvalue weighted by Crippen LogP contribution is -2.49. The normalized spacial score (nSPS) is 19.2. The summed E-state index contributed by atoms with van der Waals surface area (Å²) in [6, 6.07) is 7.68. The van der Waals surface area contributed by atoms with Crippen LogP contribution < -0.4 is 10.1 Å². The lowest BCUT2D eigenvalue weighted by Gasteiger charge is -2.40. The fraction of sp³-hybridized carbons (Fsp3) is 0.375. The van der Waals surface area contributed by atoms with E-state index in [-0.39, 0.29) is 23.8 Å². The molecule has 2 N–H and O–H groups in total. The number of nitrogens with one attached hydrogen (secondary N) is 2. The van der Waals surface area contributed by atoms with Gasteiger partial charge in [0.25, 0.3) is 0 Å². The summed E-state index contributed by atoms with van der Waals surface area (Å²) >= 11 is 0. The fourth-order valence-corrected chi connectivity index (χ4v) is 3.24. The minimum absolute atomic E-state index is 0. The zero-order chi connectivity index (χ0) is 14.3. The molecule has 0 radical (unpaired) electrons. The summed E-state index contributed by atoms with van der Waals surface area (Å²) in [5.41, 5.74) is 2.26. The second kappa shape index (κ2) is 5.74. The van der Waals surface area contributed by atoms with Gasteiger partial charge >= 0.3 is 0 Å². The summed E-state index contributed by atoms with van der Waals surface area (Å²) in [5, 5.41) is 10.2. The van der Waals surface area contributed by atoms with Crippen LogP contribution in [0.4, 0.5) is 0 Å². The number of rotatable bonds is 1. The molecule has 1 fully saturated rings. The third-order valence-corrected chi connectivity index (χ3v) is 4.42.